The number of aliphatic hydroxyl groups is 1. The van der Waals surface area contributed by atoms with E-state index < -0.39 is 6.10 Å². The Balaban J connectivity index is 1.97. The van der Waals surface area contributed by atoms with Crippen LogP contribution in [0.5, 0.6) is 5.88 Å². The van der Waals surface area contributed by atoms with Crippen molar-refractivity contribution in [2.24, 2.45) is 0 Å². The number of aliphatic hydroxyl groups excluding tert-OH is 1. The first kappa shape index (κ1) is 14.7. The zero-order chi connectivity index (χ0) is 15.7. The van der Waals surface area contributed by atoms with Crippen molar-refractivity contribution in [3.8, 4) is 5.88 Å². The van der Waals surface area contributed by atoms with Crippen LogP contribution in [0.2, 0.25) is 0 Å². The standard InChI is InChI=1S/C16H18FN3O2/c1-10-7-15(22-2)19-16(18-10)20-9-13(21)8-14(20)11-3-5-12(17)6-4-11/h3-7,13-14,21H,8-9H2,1-2H3/t13-,14+/m1/s1. The first-order chi connectivity index (χ1) is 10.6. The molecular weight excluding hydrogens is 285 g/mol. The van der Waals surface area contributed by atoms with E-state index in [1.807, 2.05) is 11.8 Å². The molecule has 3 rings (SSSR count). The summed E-state index contributed by atoms with van der Waals surface area (Å²) in [6.07, 6.45) is 0.0933. The van der Waals surface area contributed by atoms with Crippen molar-refractivity contribution < 1.29 is 14.2 Å². The summed E-state index contributed by atoms with van der Waals surface area (Å²) >= 11 is 0. The second-order valence-electron chi connectivity index (χ2n) is 5.46. The molecule has 1 fully saturated rings. The number of rotatable bonds is 3. The van der Waals surface area contributed by atoms with Crippen LogP contribution >= 0.6 is 0 Å². The molecule has 116 valence electrons. The molecule has 6 heteroatoms. The molecule has 2 aromatic rings. The molecule has 0 aliphatic carbocycles. The van der Waals surface area contributed by atoms with Crippen molar-refractivity contribution in [3.05, 3.63) is 47.4 Å². The molecule has 1 aromatic heterocycles. The van der Waals surface area contributed by atoms with E-state index in [1.54, 1.807) is 25.3 Å². The van der Waals surface area contributed by atoms with E-state index in [9.17, 15) is 9.50 Å². The number of hydrogen-bond acceptors (Lipinski definition) is 5. The van der Waals surface area contributed by atoms with Crippen molar-refractivity contribution in [3.63, 3.8) is 0 Å². The average Bonchev–Trinajstić information content (AvgIpc) is 2.89. The van der Waals surface area contributed by atoms with Gasteiger partial charge in [-0.3, -0.25) is 0 Å². The van der Waals surface area contributed by atoms with E-state index in [4.69, 9.17) is 4.74 Å². The Kier molecular flexibility index (Phi) is 3.94. The van der Waals surface area contributed by atoms with Crippen molar-refractivity contribution in [2.45, 2.75) is 25.5 Å². The number of nitrogens with zero attached hydrogens (tertiary/aromatic N) is 3. The van der Waals surface area contributed by atoms with Gasteiger partial charge in [-0.05, 0) is 31.0 Å². The lowest BCUT2D eigenvalue weighted by Crippen LogP contribution is -2.26. The van der Waals surface area contributed by atoms with Crippen LogP contribution in [0.15, 0.2) is 30.3 Å². The van der Waals surface area contributed by atoms with Gasteiger partial charge in [-0.25, -0.2) is 9.37 Å². The van der Waals surface area contributed by atoms with Gasteiger partial charge in [0.05, 0.1) is 19.3 Å². The van der Waals surface area contributed by atoms with Crippen LogP contribution in [-0.4, -0.2) is 34.8 Å². The molecule has 1 aliphatic rings. The van der Waals surface area contributed by atoms with E-state index >= 15 is 0 Å². The lowest BCUT2D eigenvalue weighted by Gasteiger charge is -2.25. The highest BCUT2D eigenvalue weighted by molar-refractivity contribution is 5.41. The number of hydrogen-bond donors (Lipinski definition) is 1. The third-order valence-electron chi connectivity index (χ3n) is 3.82. The number of ether oxygens (including phenoxy) is 1. The van der Waals surface area contributed by atoms with E-state index in [2.05, 4.69) is 9.97 Å². The van der Waals surface area contributed by atoms with Gasteiger partial charge in [-0.2, -0.15) is 4.98 Å². The summed E-state index contributed by atoms with van der Waals surface area (Å²) in [4.78, 5) is 10.7. The molecule has 0 unspecified atom stereocenters. The topological polar surface area (TPSA) is 58.5 Å². The Labute approximate surface area is 128 Å². The molecule has 0 saturated carbocycles. The number of benzene rings is 1. The van der Waals surface area contributed by atoms with Crippen molar-refractivity contribution in [2.75, 3.05) is 18.6 Å². The molecule has 2 atom stereocenters. The Bertz CT molecular complexity index is 663. The van der Waals surface area contributed by atoms with Gasteiger partial charge >= 0.3 is 0 Å². The number of halogens is 1. The monoisotopic (exact) mass is 303 g/mol. The Morgan fingerprint density at radius 3 is 2.68 bits per heavy atom. The predicted octanol–water partition coefficient (Wildman–Crippen LogP) is 2.25. The highest BCUT2D eigenvalue weighted by Gasteiger charge is 2.34. The SMILES string of the molecule is COc1cc(C)nc(N2C[C@H](O)C[C@H]2c2ccc(F)cc2)n1. The van der Waals surface area contributed by atoms with Crippen LogP contribution in [0.25, 0.3) is 0 Å². The summed E-state index contributed by atoms with van der Waals surface area (Å²) in [5.74, 6) is 0.729. The maximum absolute atomic E-state index is 13.1. The minimum absolute atomic E-state index is 0.0814. The summed E-state index contributed by atoms with van der Waals surface area (Å²) in [6, 6.07) is 7.99. The van der Waals surface area contributed by atoms with Crippen molar-refractivity contribution in [1.82, 2.24) is 9.97 Å². The minimum atomic E-state index is -0.467. The molecule has 22 heavy (non-hydrogen) atoms. The summed E-state index contributed by atoms with van der Waals surface area (Å²) in [7, 11) is 1.56. The van der Waals surface area contributed by atoms with Gasteiger partial charge in [0.25, 0.3) is 0 Å². The minimum Gasteiger partial charge on any atom is -0.481 e. The first-order valence-electron chi connectivity index (χ1n) is 7.16. The molecule has 0 amide bonds. The summed E-state index contributed by atoms with van der Waals surface area (Å²) in [5.41, 5.74) is 1.73. The first-order valence-corrected chi connectivity index (χ1v) is 7.16. The van der Waals surface area contributed by atoms with Gasteiger partial charge in [0.1, 0.15) is 5.82 Å². The molecule has 5 nitrogen and oxygen atoms in total. The van der Waals surface area contributed by atoms with Gasteiger partial charge in [-0.1, -0.05) is 12.1 Å². The number of anilines is 1. The van der Waals surface area contributed by atoms with Gasteiger partial charge in [-0.15, -0.1) is 0 Å². The maximum atomic E-state index is 13.1. The summed E-state index contributed by atoms with van der Waals surface area (Å²) < 4.78 is 18.3. The number of aromatic nitrogens is 2. The number of methoxy groups -OCH3 is 1. The molecule has 1 aromatic carbocycles. The summed E-state index contributed by atoms with van der Waals surface area (Å²) in [6.45, 7) is 2.31. The zero-order valence-electron chi connectivity index (χ0n) is 12.5. The van der Waals surface area contributed by atoms with Crippen molar-refractivity contribution >= 4 is 5.95 Å². The van der Waals surface area contributed by atoms with E-state index in [0.717, 1.165) is 11.3 Å². The molecule has 1 aliphatic heterocycles. The number of β-amino-alcohol motifs (C(OH)–C–C–N with tert-alkyl or cyclic N) is 1. The quantitative estimate of drug-likeness (QED) is 0.942. The molecule has 0 spiro atoms. The number of aryl methyl sites for hydroxylation is 1. The van der Waals surface area contributed by atoms with Gasteiger partial charge < -0.3 is 14.7 Å². The third kappa shape index (κ3) is 2.87. The van der Waals surface area contributed by atoms with Crippen LogP contribution in [0.1, 0.15) is 23.7 Å². The van der Waals surface area contributed by atoms with Crippen LogP contribution < -0.4 is 9.64 Å². The van der Waals surface area contributed by atoms with Crippen molar-refractivity contribution in [1.29, 1.82) is 0 Å². The molecule has 1 saturated heterocycles. The zero-order valence-corrected chi connectivity index (χ0v) is 12.5. The van der Waals surface area contributed by atoms with E-state index in [1.165, 1.54) is 12.1 Å². The Hall–Kier alpha value is -2.21. The molecule has 0 bridgehead atoms. The smallest absolute Gasteiger partial charge is 0.229 e. The fourth-order valence-electron chi connectivity index (χ4n) is 2.79. The van der Waals surface area contributed by atoms with Crippen LogP contribution in [-0.2, 0) is 0 Å². The van der Waals surface area contributed by atoms with Gasteiger partial charge in [0.2, 0.25) is 11.8 Å². The van der Waals surface area contributed by atoms with Gasteiger partial charge in [0.15, 0.2) is 0 Å². The fourth-order valence-corrected chi connectivity index (χ4v) is 2.79. The second-order valence-corrected chi connectivity index (χ2v) is 5.46. The fraction of sp³-hybridized carbons (Fsp3) is 0.375. The molecule has 0 radical (unpaired) electrons. The van der Waals surface area contributed by atoms with Crippen LogP contribution in [0, 0.1) is 12.7 Å². The predicted molar refractivity (Wildman–Crippen MR) is 80.4 cm³/mol. The lowest BCUT2D eigenvalue weighted by atomic mass is 10.0. The lowest BCUT2D eigenvalue weighted by molar-refractivity contribution is 0.194. The van der Waals surface area contributed by atoms with E-state index in [0.29, 0.717) is 24.8 Å². The Morgan fingerprint density at radius 2 is 2.00 bits per heavy atom. The van der Waals surface area contributed by atoms with Gasteiger partial charge in [0, 0.05) is 18.3 Å². The van der Waals surface area contributed by atoms with Crippen LogP contribution in [0.3, 0.4) is 0 Å². The average molecular weight is 303 g/mol. The molecule has 2 heterocycles. The Morgan fingerprint density at radius 1 is 1.27 bits per heavy atom. The van der Waals surface area contributed by atoms with E-state index in [-0.39, 0.29) is 11.9 Å². The second kappa shape index (κ2) is 5.88. The molecule has 1 N–H and O–H groups in total. The summed E-state index contributed by atoms with van der Waals surface area (Å²) in [5, 5.41) is 10.0. The third-order valence-corrected chi connectivity index (χ3v) is 3.82. The maximum Gasteiger partial charge on any atom is 0.229 e. The normalized spacial score (nSPS) is 21.2. The largest absolute Gasteiger partial charge is 0.481 e. The highest BCUT2D eigenvalue weighted by atomic mass is 19.1. The van der Waals surface area contributed by atoms with Crippen LogP contribution in [0.4, 0.5) is 10.3 Å². The molecular formula is C16H18FN3O2. The highest BCUT2D eigenvalue weighted by Crippen LogP contribution is 2.35.